The van der Waals surface area contributed by atoms with Gasteiger partial charge in [-0.1, -0.05) is 49.6 Å². The fourth-order valence-electron chi connectivity index (χ4n) is 3.22. The predicted molar refractivity (Wildman–Crippen MR) is 103 cm³/mol. The molecule has 0 bridgehead atoms. The van der Waals surface area contributed by atoms with Crippen LogP contribution in [0.4, 0.5) is 11.8 Å². The summed E-state index contributed by atoms with van der Waals surface area (Å²) in [4.78, 5) is 9.43. The molecule has 0 radical (unpaired) electrons. The molecule has 0 amide bonds. The van der Waals surface area contributed by atoms with Crippen LogP contribution in [0.15, 0.2) is 36.4 Å². The minimum Gasteiger partial charge on any atom is -0.385 e. The summed E-state index contributed by atoms with van der Waals surface area (Å²) in [5, 5.41) is 6.94. The van der Waals surface area contributed by atoms with Gasteiger partial charge in [-0.3, -0.25) is 0 Å². The van der Waals surface area contributed by atoms with E-state index in [-0.39, 0.29) is 0 Å². The molecule has 134 valence electrons. The van der Waals surface area contributed by atoms with Gasteiger partial charge in [0, 0.05) is 37.9 Å². The fraction of sp³-hybridized carbons (Fsp3) is 0.500. The van der Waals surface area contributed by atoms with Gasteiger partial charge >= 0.3 is 0 Å². The van der Waals surface area contributed by atoms with E-state index in [1.54, 1.807) is 7.11 Å². The van der Waals surface area contributed by atoms with E-state index < -0.39 is 0 Å². The van der Waals surface area contributed by atoms with Crippen LogP contribution in [0.1, 0.15) is 38.5 Å². The maximum absolute atomic E-state index is 5.11. The molecule has 0 saturated heterocycles. The second-order valence-electron chi connectivity index (χ2n) is 6.58. The zero-order valence-electron chi connectivity index (χ0n) is 15.0. The molecule has 1 aliphatic rings. The van der Waals surface area contributed by atoms with E-state index in [0.717, 1.165) is 42.6 Å². The van der Waals surface area contributed by atoms with Crippen LogP contribution >= 0.6 is 0 Å². The molecule has 1 heterocycles. The smallest absolute Gasteiger partial charge is 0.225 e. The SMILES string of the molecule is COCCCNc1cc(-c2ccccc2)nc(NC2CCCCC2)n1. The van der Waals surface area contributed by atoms with Crippen molar-refractivity contribution in [3.63, 3.8) is 0 Å². The van der Waals surface area contributed by atoms with Crippen molar-refractivity contribution in [3.8, 4) is 11.3 Å². The summed E-state index contributed by atoms with van der Waals surface area (Å²) < 4.78 is 5.11. The van der Waals surface area contributed by atoms with Gasteiger partial charge in [-0.15, -0.1) is 0 Å². The first-order valence-corrected chi connectivity index (χ1v) is 9.29. The maximum Gasteiger partial charge on any atom is 0.225 e. The summed E-state index contributed by atoms with van der Waals surface area (Å²) in [7, 11) is 1.73. The summed E-state index contributed by atoms with van der Waals surface area (Å²) in [6, 6.07) is 12.8. The second-order valence-corrected chi connectivity index (χ2v) is 6.58. The summed E-state index contributed by atoms with van der Waals surface area (Å²) in [6.07, 6.45) is 7.28. The molecule has 1 aliphatic carbocycles. The van der Waals surface area contributed by atoms with Gasteiger partial charge in [0.15, 0.2) is 0 Å². The van der Waals surface area contributed by atoms with Crippen molar-refractivity contribution in [3.05, 3.63) is 36.4 Å². The molecule has 1 fully saturated rings. The van der Waals surface area contributed by atoms with Crippen LogP contribution in [0.25, 0.3) is 11.3 Å². The van der Waals surface area contributed by atoms with Crippen LogP contribution in [0.2, 0.25) is 0 Å². The van der Waals surface area contributed by atoms with Gasteiger partial charge in [-0.05, 0) is 19.3 Å². The van der Waals surface area contributed by atoms with Crippen molar-refractivity contribution in [1.29, 1.82) is 0 Å². The van der Waals surface area contributed by atoms with Crippen molar-refractivity contribution >= 4 is 11.8 Å². The number of hydrogen-bond acceptors (Lipinski definition) is 5. The third-order valence-corrected chi connectivity index (χ3v) is 4.57. The first-order chi connectivity index (χ1) is 12.3. The highest BCUT2D eigenvalue weighted by atomic mass is 16.5. The Balaban J connectivity index is 1.77. The number of nitrogens with one attached hydrogen (secondary N) is 2. The zero-order chi connectivity index (χ0) is 17.3. The van der Waals surface area contributed by atoms with E-state index in [4.69, 9.17) is 9.72 Å². The highest BCUT2D eigenvalue weighted by Gasteiger charge is 2.15. The van der Waals surface area contributed by atoms with E-state index >= 15 is 0 Å². The lowest BCUT2D eigenvalue weighted by molar-refractivity contribution is 0.198. The summed E-state index contributed by atoms with van der Waals surface area (Å²) in [6.45, 7) is 1.58. The first-order valence-electron chi connectivity index (χ1n) is 9.29. The molecular formula is C20H28N4O. The molecule has 2 N–H and O–H groups in total. The average molecular weight is 340 g/mol. The van der Waals surface area contributed by atoms with Crippen LogP contribution in [0.3, 0.4) is 0 Å². The Bertz CT molecular complexity index is 641. The lowest BCUT2D eigenvalue weighted by Crippen LogP contribution is -2.23. The van der Waals surface area contributed by atoms with Gasteiger partial charge in [0.25, 0.3) is 0 Å². The van der Waals surface area contributed by atoms with Crippen molar-refractivity contribution in [1.82, 2.24) is 9.97 Å². The number of aromatic nitrogens is 2. The standard InChI is InChI=1S/C20H28N4O/c1-25-14-8-13-21-19-15-18(16-9-4-2-5-10-16)23-20(24-19)22-17-11-6-3-7-12-17/h2,4-5,9-10,15,17H,3,6-8,11-14H2,1H3,(H2,21,22,23,24). The first kappa shape index (κ1) is 17.7. The number of benzene rings is 1. The Morgan fingerprint density at radius 2 is 1.88 bits per heavy atom. The van der Waals surface area contributed by atoms with Gasteiger partial charge in [0.05, 0.1) is 5.69 Å². The Morgan fingerprint density at radius 1 is 1.08 bits per heavy atom. The molecule has 25 heavy (non-hydrogen) atoms. The minimum absolute atomic E-state index is 0.487. The molecule has 5 heteroatoms. The van der Waals surface area contributed by atoms with E-state index in [1.165, 1.54) is 32.1 Å². The van der Waals surface area contributed by atoms with Crippen molar-refractivity contribution in [2.75, 3.05) is 30.9 Å². The van der Waals surface area contributed by atoms with Gasteiger partial charge < -0.3 is 15.4 Å². The topological polar surface area (TPSA) is 59.1 Å². The van der Waals surface area contributed by atoms with Crippen LogP contribution in [-0.2, 0) is 4.74 Å². The number of methoxy groups -OCH3 is 1. The molecule has 0 spiro atoms. The molecule has 1 saturated carbocycles. The lowest BCUT2D eigenvalue weighted by atomic mass is 9.96. The van der Waals surface area contributed by atoms with Crippen LogP contribution in [0, 0.1) is 0 Å². The van der Waals surface area contributed by atoms with Gasteiger partial charge in [-0.2, -0.15) is 4.98 Å². The molecule has 1 aromatic heterocycles. The molecule has 5 nitrogen and oxygen atoms in total. The van der Waals surface area contributed by atoms with Crippen molar-refractivity contribution < 1.29 is 4.74 Å². The third-order valence-electron chi connectivity index (χ3n) is 4.57. The molecule has 2 aromatic rings. The summed E-state index contributed by atoms with van der Waals surface area (Å²) in [5.41, 5.74) is 2.06. The molecule has 0 unspecified atom stereocenters. The van der Waals surface area contributed by atoms with E-state index in [1.807, 2.05) is 24.3 Å². The molecular weight excluding hydrogens is 312 g/mol. The number of anilines is 2. The lowest BCUT2D eigenvalue weighted by Gasteiger charge is -2.23. The summed E-state index contributed by atoms with van der Waals surface area (Å²) >= 11 is 0. The Kier molecular flexibility index (Phi) is 6.63. The Hall–Kier alpha value is -2.14. The number of nitrogens with zero attached hydrogens (tertiary/aromatic N) is 2. The zero-order valence-corrected chi connectivity index (χ0v) is 15.0. The molecule has 0 atom stereocenters. The average Bonchev–Trinajstić information content (AvgIpc) is 2.67. The largest absolute Gasteiger partial charge is 0.385 e. The highest BCUT2D eigenvalue weighted by Crippen LogP contribution is 2.24. The monoisotopic (exact) mass is 340 g/mol. The predicted octanol–water partition coefficient (Wildman–Crippen LogP) is 4.34. The number of rotatable bonds is 8. The third kappa shape index (κ3) is 5.43. The number of hydrogen-bond donors (Lipinski definition) is 2. The second kappa shape index (κ2) is 9.37. The Morgan fingerprint density at radius 3 is 2.64 bits per heavy atom. The minimum atomic E-state index is 0.487. The summed E-state index contributed by atoms with van der Waals surface area (Å²) in [5.74, 6) is 1.59. The normalized spacial score (nSPS) is 15.1. The molecule has 0 aliphatic heterocycles. The van der Waals surface area contributed by atoms with Crippen LogP contribution < -0.4 is 10.6 Å². The Labute approximate surface area is 150 Å². The molecule has 3 rings (SSSR count). The van der Waals surface area contributed by atoms with Crippen LogP contribution in [-0.4, -0.2) is 36.3 Å². The van der Waals surface area contributed by atoms with Gasteiger partial charge in [0.1, 0.15) is 5.82 Å². The quantitative estimate of drug-likeness (QED) is 0.700. The van der Waals surface area contributed by atoms with Crippen LogP contribution in [0.5, 0.6) is 0 Å². The van der Waals surface area contributed by atoms with E-state index in [2.05, 4.69) is 27.8 Å². The van der Waals surface area contributed by atoms with Crippen molar-refractivity contribution in [2.45, 2.75) is 44.6 Å². The van der Waals surface area contributed by atoms with Gasteiger partial charge in [-0.25, -0.2) is 4.98 Å². The van der Waals surface area contributed by atoms with E-state index in [0.29, 0.717) is 6.04 Å². The van der Waals surface area contributed by atoms with Gasteiger partial charge in [0.2, 0.25) is 5.95 Å². The van der Waals surface area contributed by atoms with E-state index in [9.17, 15) is 0 Å². The molecule has 1 aromatic carbocycles. The fourth-order valence-corrected chi connectivity index (χ4v) is 3.22. The van der Waals surface area contributed by atoms with Crippen molar-refractivity contribution in [2.24, 2.45) is 0 Å². The highest BCUT2D eigenvalue weighted by molar-refractivity contribution is 5.64. The number of ether oxygens (including phenoxy) is 1. The maximum atomic E-state index is 5.11.